The minimum absolute atomic E-state index is 0.713. The van der Waals surface area contributed by atoms with Crippen molar-refractivity contribution in [2.24, 2.45) is 0 Å². The molecule has 5 heteroatoms. The molecule has 0 bridgehead atoms. The number of nitrogens with one attached hydrogen (secondary N) is 1. The highest BCUT2D eigenvalue weighted by atomic mass is 15.1. The standard InChI is InChI=1S/C7H15N.C5H4N4/c1-2-8-6-4-3-5-7-8;1-4-5(8-2-6-1)9-3-7-4/h2-7H2,1H3;1-3H,(H,6,7,8,9). The first-order valence-corrected chi connectivity index (χ1v) is 6.21. The van der Waals surface area contributed by atoms with Crippen LogP contribution in [0.4, 0.5) is 0 Å². The number of aromatic amines is 1. The van der Waals surface area contributed by atoms with Gasteiger partial charge in [0.05, 0.1) is 12.5 Å². The van der Waals surface area contributed by atoms with Gasteiger partial charge in [-0.05, 0) is 32.5 Å². The van der Waals surface area contributed by atoms with Crippen LogP contribution in [0.25, 0.3) is 11.2 Å². The van der Waals surface area contributed by atoms with Gasteiger partial charge < -0.3 is 9.88 Å². The summed E-state index contributed by atoms with van der Waals surface area (Å²) in [5, 5.41) is 0. The Bertz CT molecular complexity index is 403. The van der Waals surface area contributed by atoms with Crippen molar-refractivity contribution in [3.05, 3.63) is 18.9 Å². The molecule has 1 aliphatic rings. The third-order valence-electron chi connectivity index (χ3n) is 2.99. The summed E-state index contributed by atoms with van der Waals surface area (Å²) in [7, 11) is 0. The van der Waals surface area contributed by atoms with E-state index in [1.54, 1.807) is 12.5 Å². The zero-order valence-corrected chi connectivity index (χ0v) is 10.3. The van der Waals surface area contributed by atoms with Crippen molar-refractivity contribution in [1.29, 1.82) is 0 Å². The van der Waals surface area contributed by atoms with E-state index in [0.717, 1.165) is 5.52 Å². The smallest absolute Gasteiger partial charge is 0.180 e. The number of hydrogen-bond acceptors (Lipinski definition) is 4. The van der Waals surface area contributed by atoms with E-state index >= 15 is 0 Å². The molecule has 0 saturated carbocycles. The van der Waals surface area contributed by atoms with Gasteiger partial charge in [-0.15, -0.1) is 0 Å². The van der Waals surface area contributed by atoms with Gasteiger partial charge in [0.15, 0.2) is 5.65 Å². The number of piperidine rings is 1. The molecule has 5 nitrogen and oxygen atoms in total. The van der Waals surface area contributed by atoms with Gasteiger partial charge in [-0.3, -0.25) is 0 Å². The quantitative estimate of drug-likeness (QED) is 0.816. The van der Waals surface area contributed by atoms with Gasteiger partial charge in [0.2, 0.25) is 0 Å². The van der Waals surface area contributed by atoms with Crippen molar-refractivity contribution in [3.8, 4) is 0 Å². The maximum Gasteiger partial charge on any atom is 0.180 e. The molecule has 1 fully saturated rings. The molecule has 0 unspecified atom stereocenters. The van der Waals surface area contributed by atoms with Crippen LogP contribution in [-0.2, 0) is 0 Å². The lowest BCUT2D eigenvalue weighted by atomic mass is 10.1. The Balaban J connectivity index is 0.000000128. The summed E-state index contributed by atoms with van der Waals surface area (Å²) in [5.41, 5.74) is 1.59. The van der Waals surface area contributed by atoms with E-state index in [-0.39, 0.29) is 0 Å². The summed E-state index contributed by atoms with van der Waals surface area (Å²) in [5.74, 6) is 0. The van der Waals surface area contributed by atoms with Gasteiger partial charge in [-0.2, -0.15) is 0 Å². The van der Waals surface area contributed by atoms with Gasteiger partial charge >= 0.3 is 0 Å². The fraction of sp³-hybridized carbons (Fsp3) is 0.583. The second-order valence-corrected chi connectivity index (χ2v) is 4.16. The van der Waals surface area contributed by atoms with E-state index in [9.17, 15) is 0 Å². The van der Waals surface area contributed by atoms with Gasteiger partial charge in [-0.1, -0.05) is 13.3 Å². The summed E-state index contributed by atoms with van der Waals surface area (Å²) in [6.45, 7) is 6.18. The summed E-state index contributed by atoms with van der Waals surface area (Å²) in [4.78, 5) is 17.0. The lowest BCUT2D eigenvalue weighted by Gasteiger charge is -2.24. The first-order chi connectivity index (χ1) is 8.40. The molecule has 17 heavy (non-hydrogen) atoms. The fourth-order valence-electron chi connectivity index (χ4n) is 1.97. The topological polar surface area (TPSA) is 57.7 Å². The second kappa shape index (κ2) is 6.30. The van der Waals surface area contributed by atoms with Crippen LogP contribution < -0.4 is 0 Å². The lowest BCUT2D eigenvalue weighted by Crippen LogP contribution is -2.29. The van der Waals surface area contributed by atoms with E-state index < -0.39 is 0 Å². The second-order valence-electron chi connectivity index (χ2n) is 4.16. The summed E-state index contributed by atoms with van der Waals surface area (Å²) < 4.78 is 0. The van der Waals surface area contributed by atoms with Crippen LogP contribution in [0, 0.1) is 0 Å². The maximum atomic E-state index is 3.91. The number of nitrogens with zero attached hydrogens (tertiary/aromatic N) is 4. The summed E-state index contributed by atoms with van der Waals surface area (Å²) in [6.07, 6.45) is 9.07. The Morgan fingerprint density at radius 1 is 1.24 bits per heavy atom. The lowest BCUT2D eigenvalue weighted by molar-refractivity contribution is 0.240. The molecule has 0 aromatic carbocycles. The number of H-pyrrole nitrogens is 1. The molecule has 0 atom stereocenters. The Morgan fingerprint density at radius 3 is 2.71 bits per heavy atom. The van der Waals surface area contributed by atoms with Gasteiger partial charge in [0, 0.05) is 0 Å². The van der Waals surface area contributed by atoms with Crippen LogP contribution >= 0.6 is 0 Å². The highest BCUT2D eigenvalue weighted by molar-refractivity contribution is 5.67. The predicted octanol–water partition coefficient (Wildman–Crippen LogP) is 1.85. The largest absolute Gasteiger partial charge is 0.342 e. The number of hydrogen-bond donors (Lipinski definition) is 1. The fourth-order valence-corrected chi connectivity index (χ4v) is 1.97. The average molecular weight is 233 g/mol. The Morgan fingerprint density at radius 2 is 2.06 bits per heavy atom. The van der Waals surface area contributed by atoms with Crippen LogP contribution in [0.3, 0.4) is 0 Å². The van der Waals surface area contributed by atoms with E-state index in [2.05, 4.69) is 31.8 Å². The molecule has 3 rings (SSSR count). The minimum Gasteiger partial charge on any atom is -0.342 e. The SMILES string of the molecule is CCN1CCCCC1.c1ncc2[nH]cnc2n1. The predicted molar refractivity (Wildman–Crippen MR) is 67.6 cm³/mol. The van der Waals surface area contributed by atoms with Crippen molar-refractivity contribution in [1.82, 2.24) is 24.8 Å². The highest BCUT2D eigenvalue weighted by Crippen LogP contribution is 2.06. The maximum absolute atomic E-state index is 3.91. The molecule has 1 saturated heterocycles. The molecule has 1 aliphatic heterocycles. The number of rotatable bonds is 1. The molecule has 3 heterocycles. The van der Waals surface area contributed by atoms with Crippen molar-refractivity contribution in [3.63, 3.8) is 0 Å². The Kier molecular flexibility index (Phi) is 4.44. The van der Waals surface area contributed by atoms with Crippen LogP contribution in [0.1, 0.15) is 26.2 Å². The summed E-state index contributed by atoms with van der Waals surface area (Å²) >= 11 is 0. The zero-order chi connectivity index (χ0) is 11.9. The number of aromatic nitrogens is 4. The molecule has 92 valence electrons. The van der Waals surface area contributed by atoms with Gasteiger partial charge in [-0.25, -0.2) is 15.0 Å². The van der Waals surface area contributed by atoms with Crippen LogP contribution in [0.15, 0.2) is 18.9 Å². The first-order valence-electron chi connectivity index (χ1n) is 6.21. The monoisotopic (exact) mass is 233 g/mol. The molecule has 1 N–H and O–H groups in total. The zero-order valence-electron chi connectivity index (χ0n) is 10.3. The highest BCUT2D eigenvalue weighted by Gasteiger charge is 2.05. The minimum atomic E-state index is 0.713. The molecule has 0 aliphatic carbocycles. The van der Waals surface area contributed by atoms with Crippen LogP contribution in [0.5, 0.6) is 0 Å². The average Bonchev–Trinajstić information content (AvgIpc) is 2.89. The van der Waals surface area contributed by atoms with Crippen LogP contribution in [-0.4, -0.2) is 44.5 Å². The van der Waals surface area contributed by atoms with Crippen LogP contribution in [0.2, 0.25) is 0 Å². The van der Waals surface area contributed by atoms with Crippen molar-refractivity contribution in [2.75, 3.05) is 19.6 Å². The molecule has 2 aromatic rings. The van der Waals surface area contributed by atoms with Crippen molar-refractivity contribution >= 4 is 11.2 Å². The van der Waals surface area contributed by atoms with Gasteiger partial charge in [0.1, 0.15) is 11.8 Å². The molecule has 0 spiro atoms. The molecular weight excluding hydrogens is 214 g/mol. The normalized spacial score (nSPS) is 16.5. The molecule has 2 aromatic heterocycles. The summed E-state index contributed by atoms with van der Waals surface area (Å²) in [6, 6.07) is 0. The van der Waals surface area contributed by atoms with E-state index in [0.29, 0.717) is 5.65 Å². The molecular formula is C12H19N5. The Labute approximate surface area is 101 Å². The first kappa shape index (κ1) is 12.0. The Hall–Kier alpha value is -1.49. The van der Waals surface area contributed by atoms with E-state index in [4.69, 9.17) is 0 Å². The van der Waals surface area contributed by atoms with Gasteiger partial charge in [0.25, 0.3) is 0 Å². The van der Waals surface area contributed by atoms with E-state index in [1.165, 1.54) is 45.2 Å². The number of imidazole rings is 1. The van der Waals surface area contributed by atoms with Crippen molar-refractivity contribution < 1.29 is 0 Å². The molecule has 0 amide bonds. The van der Waals surface area contributed by atoms with Crippen molar-refractivity contribution in [2.45, 2.75) is 26.2 Å². The third-order valence-corrected chi connectivity index (χ3v) is 2.99. The van der Waals surface area contributed by atoms with E-state index in [1.807, 2.05) is 0 Å². The number of likely N-dealkylation sites (tertiary alicyclic amines) is 1. The third kappa shape index (κ3) is 3.49. The number of fused-ring (bicyclic) bond motifs is 1. The molecule has 0 radical (unpaired) electrons.